The highest BCUT2D eigenvalue weighted by molar-refractivity contribution is 9.10. The second kappa shape index (κ2) is 8.53. The standard InChI is InChI=1S/C20H16BrCl2N3O3S/c1-20(10-12-3-5-13(21)6-4-12)18(27)26(16-8-14(22)7-15(23)9-16)19-24-17(11-25(19)20)30-29-28-2/h3-9,11H,10H2,1-2H3. The Bertz CT molecular complexity index is 1090. The zero-order valence-corrected chi connectivity index (χ0v) is 19.8. The lowest BCUT2D eigenvalue weighted by atomic mass is 9.92. The number of fused-ring (bicyclic) bond motifs is 1. The topological polar surface area (TPSA) is 56.6 Å². The molecule has 1 unspecified atom stereocenters. The van der Waals surface area contributed by atoms with Gasteiger partial charge < -0.3 is 4.57 Å². The van der Waals surface area contributed by atoms with Crippen molar-refractivity contribution in [2.75, 3.05) is 12.0 Å². The Balaban J connectivity index is 1.81. The van der Waals surface area contributed by atoms with Gasteiger partial charge in [0, 0.05) is 27.1 Å². The molecule has 0 saturated heterocycles. The quantitative estimate of drug-likeness (QED) is 0.217. The fourth-order valence-corrected chi connectivity index (χ4v) is 4.66. The first-order chi connectivity index (χ1) is 14.3. The monoisotopic (exact) mass is 527 g/mol. The summed E-state index contributed by atoms with van der Waals surface area (Å²) in [5.41, 5.74) is 0.659. The Labute approximate surface area is 196 Å². The molecule has 0 saturated carbocycles. The molecule has 6 nitrogen and oxygen atoms in total. The second-order valence-corrected chi connectivity index (χ2v) is 9.42. The summed E-state index contributed by atoms with van der Waals surface area (Å²) in [6, 6.07) is 12.9. The number of rotatable bonds is 6. The van der Waals surface area contributed by atoms with Crippen molar-refractivity contribution in [2.45, 2.75) is 23.9 Å². The van der Waals surface area contributed by atoms with Gasteiger partial charge in [-0.3, -0.25) is 4.79 Å². The molecule has 0 aliphatic carbocycles. The summed E-state index contributed by atoms with van der Waals surface area (Å²) in [6.07, 6.45) is 2.25. The summed E-state index contributed by atoms with van der Waals surface area (Å²) in [5, 5.41) is 1.42. The Morgan fingerprint density at radius 1 is 1.17 bits per heavy atom. The van der Waals surface area contributed by atoms with Crippen LogP contribution < -0.4 is 4.90 Å². The zero-order chi connectivity index (χ0) is 21.5. The molecule has 10 heteroatoms. The minimum atomic E-state index is -0.906. The van der Waals surface area contributed by atoms with E-state index in [0.717, 1.165) is 22.1 Å². The molecule has 1 aliphatic rings. The summed E-state index contributed by atoms with van der Waals surface area (Å²) in [4.78, 5) is 24.4. The van der Waals surface area contributed by atoms with Gasteiger partial charge >= 0.3 is 0 Å². The highest BCUT2D eigenvalue weighted by Gasteiger charge is 2.49. The maximum atomic E-state index is 13.7. The maximum absolute atomic E-state index is 13.7. The second-order valence-electron chi connectivity index (χ2n) is 6.91. The van der Waals surface area contributed by atoms with Crippen LogP contribution in [0, 0.1) is 0 Å². The van der Waals surface area contributed by atoms with Crippen LogP contribution in [0.1, 0.15) is 12.5 Å². The molecule has 0 radical (unpaired) electrons. The van der Waals surface area contributed by atoms with Crippen LogP contribution in [0.25, 0.3) is 0 Å². The molecular weight excluding hydrogens is 513 g/mol. The van der Waals surface area contributed by atoms with Crippen molar-refractivity contribution in [1.29, 1.82) is 0 Å². The van der Waals surface area contributed by atoms with Crippen molar-refractivity contribution < 1.29 is 14.0 Å². The van der Waals surface area contributed by atoms with E-state index in [9.17, 15) is 4.79 Å². The van der Waals surface area contributed by atoms with E-state index in [0.29, 0.717) is 33.1 Å². The van der Waals surface area contributed by atoms with Crippen LogP contribution in [0.5, 0.6) is 0 Å². The van der Waals surface area contributed by atoms with Gasteiger partial charge in [0.25, 0.3) is 5.91 Å². The van der Waals surface area contributed by atoms with Crippen LogP contribution in [0.3, 0.4) is 0 Å². The predicted octanol–water partition coefficient (Wildman–Crippen LogP) is 6.17. The van der Waals surface area contributed by atoms with Crippen LogP contribution in [-0.4, -0.2) is 22.6 Å². The molecule has 1 atom stereocenters. The van der Waals surface area contributed by atoms with E-state index < -0.39 is 5.54 Å². The first kappa shape index (κ1) is 21.7. The fourth-order valence-electron chi connectivity index (χ4n) is 3.48. The summed E-state index contributed by atoms with van der Waals surface area (Å²) >= 11 is 16.8. The van der Waals surface area contributed by atoms with E-state index in [2.05, 4.69) is 25.8 Å². The molecule has 0 fully saturated rings. The van der Waals surface area contributed by atoms with Gasteiger partial charge in [0.2, 0.25) is 5.95 Å². The highest BCUT2D eigenvalue weighted by atomic mass is 79.9. The van der Waals surface area contributed by atoms with Gasteiger partial charge in [0.1, 0.15) is 10.6 Å². The van der Waals surface area contributed by atoms with E-state index in [1.807, 2.05) is 35.8 Å². The summed E-state index contributed by atoms with van der Waals surface area (Å²) in [6.45, 7) is 1.89. The largest absolute Gasteiger partial charge is 0.300 e. The molecule has 0 bridgehead atoms. The van der Waals surface area contributed by atoms with Gasteiger partial charge in [-0.15, -0.1) is 0 Å². The normalized spacial score (nSPS) is 18.2. The van der Waals surface area contributed by atoms with E-state index in [1.165, 1.54) is 12.0 Å². The fraction of sp³-hybridized carbons (Fsp3) is 0.200. The number of halogens is 3. The molecule has 0 N–H and O–H groups in total. The van der Waals surface area contributed by atoms with Gasteiger partial charge in [-0.2, -0.15) is 4.33 Å². The van der Waals surface area contributed by atoms with E-state index in [1.54, 1.807) is 24.4 Å². The Kier molecular flexibility index (Phi) is 6.16. The zero-order valence-electron chi connectivity index (χ0n) is 15.9. The van der Waals surface area contributed by atoms with Crippen molar-refractivity contribution in [1.82, 2.24) is 9.55 Å². The van der Waals surface area contributed by atoms with Crippen LogP contribution in [0.2, 0.25) is 10.0 Å². The molecule has 4 rings (SSSR count). The van der Waals surface area contributed by atoms with Gasteiger partial charge in [-0.25, -0.2) is 14.8 Å². The third-order valence-corrected chi connectivity index (χ3v) is 6.35. The van der Waals surface area contributed by atoms with E-state index in [-0.39, 0.29) is 5.91 Å². The molecule has 1 amide bonds. The molecule has 0 spiro atoms. The van der Waals surface area contributed by atoms with Crippen molar-refractivity contribution in [2.24, 2.45) is 0 Å². The molecule has 156 valence electrons. The average Bonchev–Trinajstić information content (AvgIpc) is 3.19. The highest BCUT2D eigenvalue weighted by Crippen LogP contribution is 2.44. The molecule has 2 aromatic carbocycles. The third-order valence-electron chi connectivity index (χ3n) is 4.82. The SMILES string of the molecule is COOSc1cn2c(n1)N(c1cc(Cl)cc(Cl)c1)C(=O)C2(C)Cc1ccc(Br)cc1. The van der Waals surface area contributed by atoms with E-state index >= 15 is 0 Å². The summed E-state index contributed by atoms with van der Waals surface area (Å²) < 4.78 is 7.78. The van der Waals surface area contributed by atoms with Gasteiger partial charge in [0.05, 0.1) is 24.8 Å². The molecule has 3 aromatic rings. The van der Waals surface area contributed by atoms with Crippen LogP contribution in [0.15, 0.2) is 58.2 Å². The Morgan fingerprint density at radius 2 is 1.83 bits per heavy atom. The Hall–Kier alpha value is -1.55. The number of nitrogens with zero attached hydrogens (tertiary/aromatic N) is 3. The summed E-state index contributed by atoms with van der Waals surface area (Å²) in [5.74, 6) is 0.329. The predicted molar refractivity (Wildman–Crippen MR) is 121 cm³/mol. The number of benzene rings is 2. The first-order valence-electron chi connectivity index (χ1n) is 8.84. The number of anilines is 2. The first-order valence-corrected chi connectivity index (χ1v) is 11.1. The van der Waals surface area contributed by atoms with Crippen molar-refractivity contribution in [3.63, 3.8) is 0 Å². The van der Waals surface area contributed by atoms with Crippen molar-refractivity contribution in [3.05, 3.63) is 68.7 Å². The number of imidazole rings is 1. The maximum Gasteiger partial charge on any atom is 0.260 e. The van der Waals surface area contributed by atoms with Gasteiger partial charge in [0.15, 0.2) is 0 Å². The molecule has 2 heterocycles. The summed E-state index contributed by atoms with van der Waals surface area (Å²) in [7, 11) is 1.41. The Morgan fingerprint density at radius 3 is 2.47 bits per heavy atom. The number of amides is 1. The van der Waals surface area contributed by atoms with Crippen LogP contribution in [0.4, 0.5) is 11.6 Å². The smallest absolute Gasteiger partial charge is 0.260 e. The molecule has 30 heavy (non-hydrogen) atoms. The lowest BCUT2D eigenvalue weighted by Gasteiger charge is -2.25. The van der Waals surface area contributed by atoms with Gasteiger partial charge in [-0.05, 0) is 42.8 Å². The number of hydrogen-bond donors (Lipinski definition) is 0. The van der Waals surface area contributed by atoms with Crippen LogP contribution >= 0.6 is 51.2 Å². The number of hydrogen-bond acceptors (Lipinski definition) is 5. The van der Waals surface area contributed by atoms with Crippen molar-refractivity contribution >= 4 is 68.7 Å². The van der Waals surface area contributed by atoms with Crippen LogP contribution in [-0.2, 0) is 26.0 Å². The van der Waals surface area contributed by atoms with Crippen molar-refractivity contribution in [3.8, 4) is 0 Å². The number of carbonyl (C=O) groups excluding carboxylic acids is 1. The van der Waals surface area contributed by atoms with E-state index in [4.69, 9.17) is 27.5 Å². The molecule has 1 aliphatic heterocycles. The minimum Gasteiger partial charge on any atom is -0.300 e. The number of aromatic nitrogens is 2. The van der Waals surface area contributed by atoms with Gasteiger partial charge in [-0.1, -0.05) is 51.3 Å². The lowest BCUT2D eigenvalue weighted by Crippen LogP contribution is -2.40. The molecular formula is C20H16BrCl2N3O3S. The molecule has 1 aromatic heterocycles. The lowest BCUT2D eigenvalue weighted by molar-refractivity contribution is -0.160. The third kappa shape index (κ3) is 4.00. The average molecular weight is 529 g/mol. The minimum absolute atomic E-state index is 0.129. The number of carbonyl (C=O) groups is 1.